The van der Waals surface area contributed by atoms with Gasteiger partial charge in [0.1, 0.15) is 5.75 Å². The monoisotopic (exact) mass is 410 g/mol. The van der Waals surface area contributed by atoms with E-state index in [-0.39, 0.29) is 5.69 Å². The van der Waals surface area contributed by atoms with Crippen LogP contribution in [0.5, 0.6) is 11.5 Å². The second-order valence-electron chi connectivity index (χ2n) is 5.76. The molecule has 2 aromatic carbocycles. The van der Waals surface area contributed by atoms with Crippen molar-refractivity contribution in [3.8, 4) is 11.5 Å². The smallest absolute Gasteiger partial charge is 0.416 e. The molecule has 0 bridgehead atoms. The summed E-state index contributed by atoms with van der Waals surface area (Å²) in [6.45, 7) is 0. The van der Waals surface area contributed by atoms with Gasteiger partial charge in [-0.1, -0.05) is 6.07 Å². The number of H-pyrrole nitrogens is 1. The molecule has 1 amide bonds. The quantitative estimate of drug-likeness (QED) is 0.612. The van der Waals surface area contributed by atoms with E-state index in [0.29, 0.717) is 12.1 Å². The molecule has 0 saturated heterocycles. The molecule has 3 aromatic rings. The molecule has 0 aliphatic carbocycles. The van der Waals surface area contributed by atoms with Gasteiger partial charge in [0.2, 0.25) is 11.4 Å². The average Bonchev–Trinajstić information content (AvgIpc) is 2.65. The average molecular weight is 410 g/mol. The lowest BCUT2D eigenvalue weighted by Crippen LogP contribution is -2.16. The Morgan fingerprint density at radius 3 is 2.45 bits per heavy atom. The number of nitrogens with one attached hydrogen (secondary N) is 2. The summed E-state index contributed by atoms with van der Waals surface area (Å²) < 4.78 is 71.6. The Morgan fingerprint density at radius 1 is 1.00 bits per heavy atom. The van der Waals surface area contributed by atoms with E-state index in [2.05, 4.69) is 10.3 Å². The van der Waals surface area contributed by atoms with Gasteiger partial charge in [0.25, 0.3) is 5.91 Å². The molecule has 1 aromatic heterocycles. The minimum atomic E-state index is -4.76. The molecule has 0 unspecified atom stereocenters. The molecule has 0 spiro atoms. The summed E-state index contributed by atoms with van der Waals surface area (Å²) in [5.74, 6) is -4.70. The first kappa shape index (κ1) is 20.1. The predicted octanol–water partition coefficient (Wildman–Crippen LogP) is 4.72. The van der Waals surface area contributed by atoms with Crippen LogP contribution in [0, 0.1) is 11.6 Å². The number of hydrogen-bond acceptors (Lipinski definition) is 3. The maximum absolute atomic E-state index is 13.9. The third kappa shape index (κ3) is 4.60. The van der Waals surface area contributed by atoms with Crippen molar-refractivity contribution in [2.75, 3.05) is 5.32 Å². The number of ether oxygens (including phenoxy) is 1. The van der Waals surface area contributed by atoms with Gasteiger partial charge in [-0.3, -0.25) is 9.59 Å². The number of anilines is 1. The van der Waals surface area contributed by atoms with Gasteiger partial charge in [0.05, 0.1) is 11.1 Å². The molecule has 150 valence electrons. The third-order valence-electron chi connectivity index (χ3n) is 3.72. The van der Waals surface area contributed by atoms with Crippen molar-refractivity contribution in [1.29, 1.82) is 0 Å². The number of aromatic nitrogens is 1. The fraction of sp³-hybridized carbons (Fsp3) is 0.0526. The van der Waals surface area contributed by atoms with Crippen molar-refractivity contribution in [2.45, 2.75) is 6.18 Å². The van der Waals surface area contributed by atoms with Gasteiger partial charge < -0.3 is 15.0 Å². The number of rotatable bonds is 4. The Kier molecular flexibility index (Phi) is 5.35. The van der Waals surface area contributed by atoms with Crippen LogP contribution >= 0.6 is 0 Å². The molecule has 0 aliphatic rings. The summed E-state index contributed by atoms with van der Waals surface area (Å²) in [6, 6.07) is 7.29. The normalized spacial score (nSPS) is 11.2. The van der Waals surface area contributed by atoms with Gasteiger partial charge in [0.15, 0.2) is 11.6 Å². The summed E-state index contributed by atoms with van der Waals surface area (Å²) in [5.41, 5.74) is -2.28. The van der Waals surface area contributed by atoms with Crippen molar-refractivity contribution in [3.63, 3.8) is 0 Å². The summed E-state index contributed by atoms with van der Waals surface area (Å²) in [7, 11) is 0. The van der Waals surface area contributed by atoms with Gasteiger partial charge in [0, 0.05) is 18.0 Å². The lowest BCUT2D eigenvalue weighted by Gasteiger charge is -2.15. The highest BCUT2D eigenvalue weighted by Gasteiger charge is 2.32. The van der Waals surface area contributed by atoms with Gasteiger partial charge in [-0.05, 0) is 36.4 Å². The highest BCUT2D eigenvalue weighted by molar-refractivity contribution is 6.06. The SMILES string of the molecule is O=C(Nc1cc[nH]c(=O)c1)c1cc(C(F)(F)F)ccc1Oc1cccc(F)c1F. The zero-order valence-electron chi connectivity index (χ0n) is 14.3. The summed E-state index contributed by atoms with van der Waals surface area (Å²) in [6.07, 6.45) is -3.54. The lowest BCUT2D eigenvalue weighted by molar-refractivity contribution is -0.137. The maximum Gasteiger partial charge on any atom is 0.416 e. The number of aromatic amines is 1. The third-order valence-corrected chi connectivity index (χ3v) is 3.72. The molecule has 10 heteroatoms. The Bertz CT molecular complexity index is 1130. The van der Waals surface area contributed by atoms with E-state index >= 15 is 0 Å². The van der Waals surface area contributed by atoms with E-state index in [1.54, 1.807) is 0 Å². The molecule has 29 heavy (non-hydrogen) atoms. The molecule has 3 rings (SSSR count). The summed E-state index contributed by atoms with van der Waals surface area (Å²) in [4.78, 5) is 26.2. The number of pyridine rings is 1. The molecule has 0 fully saturated rings. The van der Waals surface area contributed by atoms with Crippen LogP contribution in [-0.2, 0) is 6.18 Å². The minimum absolute atomic E-state index is 0.0130. The van der Waals surface area contributed by atoms with Gasteiger partial charge in [-0.25, -0.2) is 4.39 Å². The van der Waals surface area contributed by atoms with E-state index in [0.717, 1.165) is 30.3 Å². The van der Waals surface area contributed by atoms with Crippen LogP contribution in [0.3, 0.4) is 0 Å². The van der Waals surface area contributed by atoms with E-state index in [9.17, 15) is 31.5 Å². The zero-order chi connectivity index (χ0) is 21.2. The Labute approximate surface area is 159 Å². The molecule has 1 heterocycles. The van der Waals surface area contributed by atoms with Gasteiger partial charge >= 0.3 is 6.18 Å². The van der Waals surface area contributed by atoms with Gasteiger partial charge in [-0.15, -0.1) is 0 Å². The van der Waals surface area contributed by atoms with Crippen LogP contribution in [0.15, 0.2) is 59.5 Å². The fourth-order valence-corrected chi connectivity index (χ4v) is 2.37. The number of amides is 1. The van der Waals surface area contributed by atoms with E-state index in [1.165, 1.54) is 12.3 Å². The Balaban J connectivity index is 2.02. The largest absolute Gasteiger partial charge is 0.453 e. The predicted molar refractivity (Wildman–Crippen MR) is 92.9 cm³/mol. The molecule has 0 aliphatic heterocycles. The first-order valence-corrected chi connectivity index (χ1v) is 7.98. The first-order valence-electron chi connectivity index (χ1n) is 7.98. The Morgan fingerprint density at radius 2 is 1.76 bits per heavy atom. The highest BCUT2D eigenvalue weighted by atomic mass is 19.4. The van der Waals surface area contributed by atoms with Crippen LogP contribution in [0.4, 0.5) is 27.6 Å². The summed E-state index contributed by atoms with van der Waals surface area (Å²) >= 11 is 0. The number of alkyl halides is 3. The first-order chi connectivity index (χ1) is 13.6. The molecular weight excluding hydrogens is 399 g/mol. The molecule has 5 nitrogen and oxygen atoms in total. The van der Waals surface area contributed by atoms with Crippen LogP contribution in [0.1, 0.15) is 15.9 Å². The molecule has 0 atom stereocenters. The van der Waals surface area contributed by atoms with Crippen LogP contribution in [-0.4, -0.2) is 10.9 Å². The summed E-state index contributed by atoms with van der Waals surface area (Å²) in [5, 5.41) is 2.26. The number of hydrogen-bond donors (Lipinski definition) is 2. The van der Waals surface area contributed by atoms with E-state index < -0.39 is 51.9 Å². The highest BCUT2D eigenvalue weighted by Crippen LogP contribution is 2.35. The second-order valence-corrected chi connectivity index (χ2v) is 5.76. The number of carbonyl (C=O) groups excluding carboxylic acids is 1. The van der Waals surface area contributed by atoms with Crippen molar-refractivity contribution in [3.05, 3.63) is 87.8 Å². The number of benzene rings is 2. The van der Waals surface area contributed by atoms with Gasteiger partial charge in [-0.2, -0.15) is 17.6 Å². The van der Waals surface area contributed by atoms with Crippen molar-refractivity contribution >= 4 is 11.6 Å². The topological polar surface area (TPSA) is 71.2 Å². The molecule has 2 N–H and O–H groups in total. The molecular formula is C19H11F5N2O3. The van der Waals surface area contributed by atoms with E-state index in [4.69, 9.17) is 4.74 Å². The van der Waals surface area contributed by atoms with Crippen LogP contribution in [0.25, 0.3) is 0 Å². The number of halogens is 5. The minimum Gasteiger partial charge on any atom is -0.453 e. The zero-order valence-corrected chi connectivity index (χ0v) is 14.3. The number of carbonyl (C=O) groups is 1. The van der Waals surface area contributed by atoms with Crippen molar-refractivity contribution in [1.82, 2.24) is 4.98 Å². The molecule has 0 radical (unpaired) electrons. The standard InChI is InChI=1S/C19H11F5N2O3/c20-13-2-1-3-15(17(13)21)29-14-5-4-10(19(22,23)24)8-12(14)18(28)26-11-6-7-25-16(27)9-11/h1-9H,(H2,25,26,27,28). The lowest BCUT2D eigenvalue weighted by atomic mass is 10.1. The van der Waals surface area contributed by atoms with E-state index in [1.807, 2.05) is 0 Å². The molecule has 0 saturated carbocycles. The fourth-order valence-electron chi connectivity index (χ4n) is 2.37. The van der Waals surface area contributed by atoms with Crippen LogP contribution < -0.4 is 15.6 Å². The Hall–Kier alpha value is -3.69. The van der Waals surface area contributed by atoms with Crippen molar-refractivity contribution in [2.24, 2.45) is 0 Å². The maximum atomic E-state index is 13.9. The second kappa shape index (κ2) is 7.74. The van der Waals surface area contributed by atoms with Crippen LogP contribution in [0.2, 0.25) is 0 Å². The van der Waals surface area contributed by atoms with Crippen molar-refractivity contribution < 1.29 is 31.5 Å².